The van der Waals surface area contributed by atoms with Crippen LogP contribution in [0.1, 0.15) is 36.3 Å². The van der Waals surface area contributed by atoms with Crippen LogP contribution in [0.2, 0.25) is 5.02 Å². The van der Waals surface area contributed by atoms with Crippen molar-refractivity contribution in [3.05, 3.63) is 101 Å². The molecule has 5 nitrogen and oxygen atoms in total. The Morgan fingerprint density at radius 1 is 0.895 bits per heavy atom. The zero-order valence-electron chi connectivity index (χ0n) is 21.9. The molecule has 5 rings (SSSR count). The van der Waals surface area contributed by atoms with Crippen molar-refractivity contribution in [3.8, 4) is 0 Å². The van der Waals surface area contributed by atoms with Crippen molar-refractivity contribution >= 4 is 28.9 Å². The molecular weight excluding hydrogens is 492 g/mol. The van der Waals surface area contributed by atoms with Gasteiger partial charge in [-0.3, -0.25) is 14.7 Å². The molecule has 2 aliphatic rings. The first-order chi connectivity index (χ1) is 18.6. The Labute approximate surface area is 231 Å². The number of nitrogens with zero attached hydrogens (tertiary/aromatic N) is 3. The van der Waals surface area contributed by atoms with Gasteiger partial charge < -0.3 is 10.6 Å². The molecule has 6 heteroatoms. The third kappa shape index (κ3) is 6.52. The summed E-state index contributed by atoms with van der Waals surface area (Å²) >= 11 is 6.14. The van der Waals surface area contributed by atoms with E-state index < -0.39 is 5.92 Å². The quantitative estimate of drug-likeness (QED) is 0.369. The molecule has 0 aromatic heterocycles. The second-order valence-corrected chi connectivity index (χ2v) is 11.0. The number of hydrogen-bond donors (Lipinski definition) is 1. The zero-order valence-corrected chi connectivity index (χ0v) is 22.6. The molecule has 2 fully saturated rings. The molecule has 2 atom stereocenters. The Morgan fingerprint density at radius 2 is 1.55 bits per heavy atom. The molecule has 2 aliphatic heterocycles. The number of nitrogens with two attached hydrogens (primary N) is 1. The van der Waals surface area contributed by atoms with Gasteiger partial charge in [0.25, 0.3) is 0 Å². The number of aliphatic imine (C=N–C) groups is 1. The average Bonchev–Trinajstić information content (AvgIpc) is 3.46. The molecule has 0 radical (unpaired) electrons. The van der Waals surface area contributed by atoms with Crippen molar-refractivity contribution in [1.29, 1.82) is 0 Å². The van der Waals surface area contributed by atoms with Gasteiger partial charge in [0.15, 0.2) is 0 Å². The lowest BCUT2D eigenvalue weighted by atomic mass is 9.83. The molecule has 38 heavy (non-hydrogen) atoms. The number of likely N-dealkylation sites (tertiary alicyclic amines) is 2. The minimum absolute atomic E-state index is 0.116. The zero-order chi connectivity index (χ0) is 26.3. The lowest BCUT2D eigenvalue weighted by Gasteiger charge is -2.35. The first-order valence-electron chi connectivity index (χ1n) is 13.7. The van der Waals surface area contributed by atoms with E-state index in [0.29, 0.717) is 10.9 Å². The molecule has 1 amide bonds. The van der Waals surface area contributed by atoms with Gasteiger partial charge in [0.1, 0.15) is 0 Å². The maximum atomic E-state index is 13.9. The predicted octanol–water partition coefficient (Wildman–Crippen LogP) is 5.92. The van der Waals surface area contributed by atoms with Gasteiger partial charge in [0.2, 0.25) is 5.91 Å². The van der Waals surface area contributed by atoms with Gasteiger partial charge in [-0.25, -0.2) is 0 Å². The van der Waals surface area contributed by atoms with Crippen molar-refractivity contribution in [2.24, 2.45) is 22.6 Å². The summed E-state index contributed by atoms with van der Waals surface area (Å²) in [6.45, 7) is 4.67. The number of carbonyl (C=O) groups is 1. The van der Waals surface area contributed by atoms with Gasteiger partial charge in [-0.05, 0) is 67.7 Å². The Balaban J connectivity index is 1.33. The Bertz CT molecular complexity index is 1210. The molecule has 2 unspecified atom stereocenters. The van der Waals surface area contributed by atoms with E-state index in [9.17, 15) is 4.79 Å². The highest BCUT2D eigenvalue weighted by molar-refractivity contribution is 6.30. The van der Waals surface area contributed by atoms with E-state index in [1.807, 2.05) is 35.2 Å². The highest BCUT2D eigenvalue weighted by Gasteiger charge is 2.37. The fourth-order valence-electron chi connectivity index (χ4n) is 5.87. The molecule has 198 valence electrons. The fraction of sp³-hybridized carbons (Fsp3) is 0.375. The molecule has 0 saturated carbocycles. The van der Waals surface area contributed by atoms with Crippen LogP contribution in [0.25, 0.3) is 0 Å². The van der Waals surface area contributed by atoms with Crippen LogP contribution in [0.4, 0.5) is 5.69 Å². The summed E-state index contributed by atoms with van der Waals surface area (Å²) in [5.74, 6) is 0.301. The normalized spacial score (nSPS) is 20.0. The van der Waals surface area contributed by atoms with Crippen LogP contribution in [-0.4, -0.2) is 54.1 Å². The Hall–Kier alpha value is -2.99. The van der Waals surface area contributed by atoms with Crippen molar-refractivity contribution in [1.82, 2.24) is 9.80 Å². The monoisotopic (exact) mass is 528 g/mol. The second kappa shape index (κ2) is 12.7. The molecule has 2 saturated heterocycles. The molecule has 3 aromatic carbocycles. The summed E-state index contributed by atoms with van der Waals surface area (Å²) in [6, 6.07) is 28.7. The van der Waals surface area contributed by atoms with Gasteiger partial charge in [-0.1, -0.05) is 72.3 Å². The van der Waals surface area contributed by atoms with Crippen LogP contribution in [0.15, 0.2) is 89.9 Å². The topological polar surface area (TPSA) is 61.9 Å². The van der Waals surface area contributed by atoms with Crippen molar-refractivity contribution in [2.75, 3.05) is 32.7 Å². The van der Waals surface area contributed by atoms with Gasteiger partial charge >= 0.3 is 0 Å². The smallest absolute Gasteiger partial charge is 0.232 e. The number of carbonyl (C=O) groups excluding carboxylic acids is 1. The van der Waals surface area contributed by atoms with Crippen LogP contribution >= 0.6 is 11.6 Å². The van der Waals surface area contributed by atoms with E-state index in [1.165, 1.54) is 11.1 Å². The summed E-state index contributed by atoms with van der Waals surface area (Å²) in [5.41, 5.74) is 10.7. The summed E-state index contributed by atoms with van der Waals surface area (Å²) in [5, 5.41) is 0.676. The predicted molar refractivity (Wildman–Crippen MR) is 156 cm³/mol. The van der Waals surface area contributed by atoms with Crippen molar-refractivity contribution < 1.29 is 4.79 Å². The van der Waals surface area contributed by atoms with Crippen LogP contribution < -0.4 is 5.73 Å². The largest absolute Gasteiger partial charge is 0.341 e. The van der Waals surface area contributed by atoms with E-state index in [1.54, 1.807) is 0 Å². The van der Waals surface area contributed by atoms with E-state index in [2.05, 4.69) is 59.5 Å². The molecule has 0 aliphatic carbocycles. The number of halogens is 1. The van der Waals surface area contributed by atoms with E-state index in [-0.39, 0.29) is 18.4 Å². The highest BCUT2D eigenvalue weighted by Crippen LogP contribution is 2.31. The van der Waals surface area contributed by atoms with E-state index in [4.69, 9.17) is 22.3 Å². The third-order valence-electron chi connectivity index (χ3n) is 8.00. The lowest BCUT2D eigenvalue weighted by molar-refractivity contribution is -0.132. The summed E-state index contributed by atoms with van der Waals surface area (Å²) in [6.07, 6.45) is 2.92. The lowest BCUT2D eigenvalue weighted by Crippen LogP contribution is -2.46. The number of amides is 1. The average molecular weight is 529 g/mol. The first kappa shape index (κ1) is 26.6. The van der Waals surface area contributed by atoms with Crippen molar-refractivity contribution in [2.45, 2.75) is 31.7 Å². The molecule has 2 heterocycles. The third-order valence-corrected chi connectivity index (χ3v) is 8.25. The molecule has 2 N–H and O–H groups in total. The van der Waals surface area contributed by atoms with E-state index >= 15 is 0 Å². The molecular formula is C32H37ClN4O. The fourth-order valence-corrected chi connectivity index (χ4v) is 6.00. The minimum atomic E-state index is -0.411. The number of hydrogen-bond acceptors (Lipinski definition) is 4. The Kier molecular flexibility index (Phi) is 8.90. The first-order valence-corrected chi connectivity index (χ1v) is 14.1. The maximum Gasteiger partial charge on any atom is 0.232 e. The number of benzene rings is 3. The molecule has 3 aromatic rings. The summed E-state index contributed by atoms with van der Waals surface area (Å²) in [4.78, 5) is 23.5. The van der Waals surface area contributed by atoms with Crippen molar-refractivity contribution in [3.63, 3.8) is 0 Å². The van der Waals surface area contributed by atoms with Gasteiger partial charge in [-0.2, -0.15) is 0 Å². The number of rotatable bonds is 8. The number of piperidine rings is 1. The minimum Gasteiger partial charge on any atom is -0.341 e. The van der Waals surface area contributed by atoms with Crippen LogP contribution in [0.5, 0.6) is 0 Å². The van der Waals surface area contributed by atoms with Gasteiger partial charge in [-0.15, -0.1) is 0 Å². The van der Waals surface area contributed by atoms with Gasteiger partial charge in [0, 0.05) is 48.7 Å². The summed E-state index contributed by atoms with van der Waals surface area (Å²) in [7, 11) is 0. The van der Waals surface area contributed by atoms with E-state index in [0.717, 1.165) is 63.4 Å². The molecule has 0 spiro atoms. The second-order valence-electron chi connectivity index (χ2n) is 10.5. The SMILES string of the molecule is NCC(C(=O)N1CCC(c2ccccc2)C1)C(=Nc1ccc(Cl)cc1)C1CCN(Cc2ccccc2)CC1. The molecule has 0 bridgehead atoms. The van der Waals surface area contributed by atoms with Gasteiger partial charge in [0.05, 0.1) is 11.6 Å². The summed E-state index contributed by atoms with van der Waals surface area (Å²) < 4.78 is 0. The van der Waals surface area contributed by atoms with Crippen LogP contribution in [0, 0.1) is 11.8 Å². The standard InChI is InChI=1S/C32H37ClN4O/c33-28-11-13-29(14-12-28)35-31(26-15-18-36(19-16-26)22-24-7-3-1-4-8-24)30(21-34)32(38)37-20-17-27(23-37)25-9-5-2-6-10-25/h1-14,26-27,30H,15-23,34H2. The van der Waals surface area contributed by atoms with Crippen LogP contribution in [0.3, 0.4) is 0 Å². The maximum absolute atomic E-state index is 13.9. The van der Waals surface area contributed by atoms with Crippen LogP contribution in [-0.2, 0) is 11.3 Å². The highest BCUT2D eigenvalue weighted by atomic mass is 35.5. The Morgan fingerprint density at radius 3 is 2.21 bits per heavy atom.